The zero-order chi connectivity index (χ0) is 17.0. The summed E-state index contributed by atoms with van der Waals surface area (Å²) < 4.78 is 29.0. The fourth-order valence-electron chi connectivity index (χ4n) is 2.82. The number of hydrogen-bond acceptors (Lipinski definition) is 4. The highest BCUT2D eigenvalue weighted by molar-refractivity contribution is 7.91. The predicted octanol–water partition coefficient (Wildman–Crippen LogP) is 1.99. The second-order valence-corrected chi connectivity index (χ2v) is 8.80. The Morgan fingerprint density at radius 1 is 1.48 bits per heavy atom. The third-order valence-corrected chi connectivity index (χ3v) is 5.90. The molecule has 0 spiro atoms. The number of nitrogens with one attached hydrogen (secondary N) is 1. The molecule has 1 aromatic rings. The van der Waals surface area contributed by atoms with Gasteiger partial charge in [0.05, 0.1) is 11.5 Å². The summed E-state index contributed by atoms with van der Waals surface area (Å²) in [6, 6.07) is 3.70. The molecule has 2 atom stereocenters. The van der Waals surface area contributed by atoms with E-state index in [2.05, 4.69) is 5.32 Å². The first kappa shape index (κ1) is 17.8. The van der Waals surface area contributed by atoms with Crippen LogP contribution in [0.3, 0.4) is 0 Å². The Labute approximate surface area is 138 Å². The van der Waals surface area contributed by atoms with Gasteiger partial charge in [-0.2, -0.15) is 0 Å². The molecule has 0 aromatic carbocycles. The molecule has 6 nitrogen and oxygen atoms in total. The summed E-state index contributed by atoms with van der Waals surface area (Å²) >= 11 is 0. The Morgan fingerprint density at radius 2 is 2.22 bits per heavy atom. The van der Waals surface area contributed by atoms with E-state index in [0.717, 1.165) is 24.4 Å². The molecule has 0 saturated carbocycles. The number of sulfone groups is 1. The zero-order valence-electron chi connectivity index (χ0n) is 14.0. The number of rotatable bonds is 4. The van der Waals surface area contributed by atoms with Gasteiger partial charge in [-0.1, -0.05) is 6.92 Å². The summed E-state index contributed by atoms with van der Waals surface area (Å²) in [7, 11) is -3.04. The molecule has 0 bridgehead atoms. The fraction of sp³-hybridized carbons (Fsp3) is 0.688. The number of hydrogen-bond donors (Lipinski definition) is 1. The van der Waals surface area contributed by atoms with Crippen LogP contribution in [-0.2, 0) is 16.3 Å². The summed E-state index contributed by atoms with van der Waals surface area (Å²) in [6.07, 6.45) is 1.54. The number of carbonyl (C=O) groups is 1. The summed E-state index contributed by atoms with van der Waals surface area (Å²) in [6.45, 7) is 6.47. The molecular weight excluding hydrogens is 316 g/mol. The molecule has 2 amide bonds. The maximum absolute atomic E-state index is 12.3. The first-order chi connectivity index (χ1) is 10.7. The molecule has 1 fully saturated rings. The Balaban J connectivity index is 1.83. The Bertz CT molecular complexity index is 638. The van der Waals surface area contributed by atoms with Crippen LogP contribution >= 0.6 is 0 Å². The molecule has 0 radical (unpaired) electrons. The van der Waals surface area contributed by atoms with E-state index in [9.17, 15) is 13.2 Å². The van der Waals surface area contributed by atoms with Gasteiger partial charge in [-0.15, -0.1) is 0 Å². The van der Waals surface area contributed by atoms with Crippen molar-refractivity contribution in [2.75, 3.05) is 24.6 Å². The largest absolute Gasteiger partial charge is 0.466 e. The van der Waals surface area contributed by atoms with Crippen LogP contribution in [0, 0.1) is 12.8 Å². The minimum absolute atomic E-state index is 0.00284. The summed E-state index contributed by atoms with van der Waals surface area (Å²) in [5, 5.41) is 2.95. The molecular formula is C16H26N2O4S. The van der Waals surface area contributed by atoms with E-state index in [1.165, 1.54) is 0 Å². The molecule has 1 N–H and O–H groups in total. The van der Waals surface area contributed by atoms with Gasteiger partial charge in [0.1, 0.15) is 11.5 Å². The van der Waals surface area contributed by atoms with Crippen LogP contribution in [0.1, 0.15) is 31.8 Å². The molecule has 2 rings (SSSR count). The van der Waals surface area contributed by atoms with Crippen molar-refractivity contribution in [1.29, 1.82) is 0 Å². The van der Waals surface area contributed by atoms with Crippen molar-refractivity contribution in [2.24, 2.45) is 5.92 Å². The maximum atomic E-state index is 12.3. The van der Waals surface area contributed by atoms with Crippen LogP contribution in [0.4, 0.5) is 4.79 Å². The van der Waals surface area contributed by atoms with Crippen molar-refractivity contribution in [3.63, 3.8) is 0 Å². The lowest BCUT2D eigenvalue weighted by molar-refractivity contribution is 0.192. The monoisotopic (exact) mass is 342 g/mol. The van der Waals surface area contributed by atoms with Crippen molar-refractivity contribution in [3.8, 4) is 0 Å². The zero-order valence-corrected chi connectivity index (χ0v) is 14.9. The standard InChI is InChI=1S/C16H26N2O4S/c1-12-10-18(8-9-23(20,21)11-12)16(19)17-13(2)4-6-15-7-5-14(3)22-15/h5,7,12-13H,4,6,8-11H2,1-3H3,(H,17,19). The molecule has 1 aliphatic rings. The van der Waals surface area contributed by atoms with Gasteiger partial charge in [0.15, 0.2) is 9.84 Å². The number of urea groups is 1. The van der Waals surface area contributed by atoms with Crippen LogP contribution in [0.25, 0.3) is 0 Å². The third-order valence-electron chi connectivity index (χ3n) is 4.02. The minimum Gasteiger partial charge on any atom is -0.466 e. The maximum Gasteiger partial charge on any atom is 0.317 e. The van der Waals surface area contributed by atoms with E-state index in [4.69, 9.17) is 4.42 Å². The van der Waals surface area contributed by atoms with Crippen LogP contribution in [0.2, 0.25) is 0 Å². The normalized spacial score (nSPS) is 22.4. The second kappa shape index (κ2) is 7.38. The number of aryl methyl sites for hydroxylation is 2. The smallest absolute Gasteiger partial charge is 0.317 e. The predicted molar refractivity (Wildman–Crippen MR) is 89.2 cm³/mol. The Kier molecular flexibility index (Phi) is 5.73. The van der Waals surface area contributed by atoms with Gasteiger partial charge in [-0.05, 0) is 38.3 Å². The first-order valence-corrected chi connectivity index (χ1v) is 9.88. The van der Waals surface area contributed by atoms with Crippen molar-refractivity contribution in [2.45, 2.75) is 39.7 Å². The summed E-state index contributed by atoms with van der Waals surface area (Å²) in [5.41, 5.74) is 0. The van der Waals surface area contributed by atoms with E-state index in [1.54, 1.807) is 4.90 Å². The van der Waals surface area contributed by atoms with Crippen molar-refractivity contribution < 1.29 is 17.6 Å². The van der Waals surface area contributed by atoms with E-state index >= 15 is 0 Å². The van der Waals surface area contributed by atoms with E-state index in [-0.39, 0.29) is 36.0 Å². The summed E-state index contributed by atoms with van der Waals surface area (Å²) in [5.74, 6) is 1.97. The lowest BCUT2D eigenvalue weighted by Crippen LogP contribution is -2.46. The van der Waals surface area contributed by atoms with Gasteiger partial charge in [0, 0.05) is 25.6 Å². The van der Waals surface area contributed by atoms with Gasteiger partial charge in [0.2, 0.25) is 0 Å². The van der Waals surface area contributed by atoms with E-state index < -0.39 is 9.84 Å². The van der Waals surface area contributed by atoms with Crippen LogP contribution < -0.4 is 5.32 Å². The molecule has 130 valence electrons. The lowest BCUT2D eigenvalue weighted by atomic mass is 10.1. The third kappa shape index (κ3) is 5.57. The van der Waals surface area contributed by atoms with Crippen molar-refractivity contribution in [3.05, 3.63) is 23.7 Å². The topological polar surface area (TPSA) is 79.6 Å². The lowest BCUT2D eigenvalue weighted by Gasteiger charge is -2.24. The molecule has 0 aliphatic carbocycles. The highest BCUT2D eigenvalue weighted by Gasteiger charge is 2.27. The number of carbonyl (C=O) groups excluding carboxylic acids is 1. The Morgan fingerprint density at radius 3 is 2.87 bits per heavy atom. The highest BCUT2D eigenvalue weighted by atomic mass is 32.2. The van der Waals surface area contributed by atoms with Crippen LogP contribution in [0.15, 0.2) is 16.5 Å². The van der Waals surface area contributed by atoms with Crippen LogP contribution in [0.5, 0.6) is 0 Å². The fourth-order valence-corrected chi connectivity index (χ4v) is 4.46. The van der Waals surface area contributed by atoms with E-state index in [1.807, 2.05) is 32.9 Å². The van der Waals surface area contributed by atoms with Gasteiger partial charge >= 0.3 is 6.03 Å². The second-order valence-electron chi connectivity index (χ2n) is 6.57. The molecule has 1 aliphatic heterocycles. The van der Waals surface area contributed by atoms with Gasteiger partial charge < -0.3 is 14.6 Å². The average Bonchev–Trinajstić information content (AvgIpc) is 2.79. The Hall–Kier alpha value is -1.50. The SMILES string of the molecule is Cc1ccc(CCC(C)NC(=O)N2CCS(=O)(=O)CC(C)C2)o1. The molecule has 1 saturated heterocycles. The van der Waals surface area contributed by atoms with Crippen LogP contribution in [-0.4, -0.2) is 50.0 Å². The number of amides is 2. The molecule has 23 heavy (non-hydrogen) atoms. The van der Waals surface area contributed by atoms with Gasteiger partial charge in [0.25, 0.3) is 0 Å². The number of nitrogens with zero attached hydrogens (tertiary/aromatic N) is 1. The first-order valence-electron chi connectivity index (χ1n) is 8.06. The number of furan rings is 1. The van der Waals surface area contributed by atoms with Crippen molar-refractivity contribution >= 4 is 15.9 Å². The van der Waals surface area contributed by atoms with Gasteiger partial charge in [-0.25, -0.2) is 13.2 Å². The van der Waals surface area contributed by atoms with Gasteiger partial charge in [-0.3, -0.25) is 0 Å². The summed E-state index contributed by atoms with van der Waals surface area (Å²) in [4.78, 5) is 13.9. The van der Waals surface area contributed by atoms with E-state index in [0.29, 0.717) is 6.54 Å². The molecule has 2 unspecified atom stereocenters. The molecule has 2 heterocycles. The van der Waals surface area contributed by atoms with Crippen molar-refractivity contribution in [1.82, 2.24) is 10.2 Å². The average molecular weight is 342 g/mol. The highest BCUT2D eigenvalue weighted by Crippen LogP contribution is 2.12. The molecule has 1 aromatic heterocycles. The quantitative estimate of drug-likeness (QED) is 0.907. The molecule has 7 heteroatoms. The minimum atomic E-state index is -3.04.